The third kappa shape index (κ3) is 5.75. The highest BCUT2D eigenvalue weighted by atomic mass is 35.5. The summed E-state index contributed by atoms with van der Waals surface area (Å²) in [5, 5.41) is 4.65. The van der Waals surface area contributed by atoms with Crippen molar-refractivity contribution in [2.24, 2.45) is 11.0 Å². The van der Waals surface area contributed by atoms with Crippen LogP contribution in [0, 0.1) is 11.7 Å². The largest absolute Gasteiger partial charge is 0.489 e. The van der Waals surface area contributed by atoms with E-state index in [1.807, 2.05) is 36.4 Å². The third-order valence-electron chi connectivity index (χ3n) is 5.25. The molecule has 0 radical (unpaired) electrons. The van der Waals surface area contributed by atoms with E-state index >= 15 is 0 Å². The monoisotopic (exact) mass is 465 g/mol. The van der Waals surface area contributed by atoms with Gasteiger partial charge in [-0.25, -0.2) is 9.82 Å². The second-order valence-electron chi connectivity index (χ2n) is 7.57. The van der Waals surface area contributed by atoms with E-state index in [1.54, 1.807) is 12.1 Å². The Labute approximate surface area is 195 Å². The summed E-state index contributed by atoms with van der Waals surface area (Å²) in [7, 11) is 0. The first-order valence-electron chi connectivity index (χ1n) is 10.3. The minimum atomic E-state index is -0.528. The topological polar surface area (TPSA) is 71.0 Å². The molecule has 3 aromatic rings. The predicted octanol–water partition coefficient (Wildman–Crippen LogP) is 4.56. The van der Waals surface area contributed by atoms with Gasteiger partial charge in [0.05, 0.1) is 12.1 Å². The van der Waals surface area contributed by atoms with Crippen LogP contribution in [-0.4, -0.2) is 24.6 Å². The predicted molar refractivity (Wildman–Crippen MR) is 125 cm³/mol. The summed E-state index contributed by atoms with van der Waals surface area (Å²) in [4.78, 5) is 26.2. The maximum Gasteiger partial charge on any atom is 0.245 e. The Morgan fingerprint density at radius 3 is 2.58 bits per heavy atom. The molecule has 1 N–H and O–H groups in total. The second kappa shape index (κ2) is 10.3. The standard InChI is InChI=1S/C25H21ClFN3O3/c26-23-4-2-1-3-18(23)16-33-22-11-5-17(6-12-22)14-28-29-25(32)19-13-24(31)30(15-19)21-9-7-20(27)8-10-21/h1-12,14,19H,13,15-16H2,(H,29,32)/b28-14-/t19-/m1/s1. The number of hydrogen-bond donors (Lipinski definition) is 1. The summed E-state index contributed by atoms with van der Waals surface area (Å²) in [6, 6.07) is 20.3. The van der Waals surface area contributed by atoms with E-state index in [9.17, 15) is 14.0 Å². The SMILES string of the molecule is O=C(N/N=C\c1ccc(OCc2ccccc2Cl)cc1)[C@@H]1CC(=O)N(c2ccc(F)cc2)C1. The van der Waals surface area contributed by atoms with Crippen molar-refractivity contribution in [2.75, 3.05) is 11.4 Å². The second-order valence-corrected chi connectivity index (χ2v) is 7.97. The molecule has 1 aliphatic rings. The Kier molecular flexibility index (Phi) is 7.00. The van der Waals surface area contributed by atoms with E-state index in [0.717, 1.165) is 11.1 Å². The quantitative estimate of drug-likeness (QED) is 0.410. The molecule has 1 heterocycles. The number of nitrogens with one attached hydrogen (secondary N) is 1. The normalized spacial score (nSPS) is 15.8. The minimum Gasteiger partial charge on any atom is -0.489 e. The van der Waals surface area contributed by atoms with Crippen molar-refractivity contribution in [1.82, 2.24) is 5.43 Å². The number of carbonyl (C=O) groups is 2. The maximum absolute atomic E-state index is 13.1. The molecule has 0 aliphatic carbocycles. The molecule has 0 saturated carbocycles. The molecule has 4 rings (SSSR count). The highest BCUT2D eigenvalue weighted by Crippen LogP contribution is 2.25. The Morgan fingerprint density at radius 1 is 1.12 bits per heavy atom. The van der Waals surface area contributed by atoms with Crippen LogP contribution in [0.15, 0.2) is 77.9 Å². The molecule has 0 unspecified atom stereocenters. The number of hydrogen-bond acceptors (Lipinski definition) is 4. The lowest BCUT2D eigenvalue weighted by molar-refractivity contribution is -0.126. The van der Waals surface area contributed by atoms with Gasteiger partial charge in [-0.2, -0.15) is 5.10 Å². The molecule has 6 nitrogen and oxygen atoms in total. The van der Waals surface area contributed by atoms with Gasteiger partial charge in [0.15, 0.2) is 0 Å². The third-order valence-corrected chi connectivity index (χ3v) is 5.62. The molecule has 2 amide bonds. The van der Waals surface area contributed by atoms with E-state index in [4.69, 9.17) is 16.3 Å². The summed E-state index contributed by atoms with van der Waals surface area (Å²) in [5.41, 5.74) is 4.73. The Morgan fingerprint density at radius 2 is 1.85 bits per heavy atom. The number of anilines is 1. The lowest BCUT2D eigenvalue weighted by atomic mass is 10.1. The number of benzene rings is 3. The first kappa shape index (κ1) is 22.5. The number of hydrazone groups is 1. The van der Waals surface area contributed by atoms with Crippen LogP contribution in [0.3, 0.4) is 0 Å². The Bertz CT molecular complexity index is 1170. The highest BCUT2D eigenvalue weighted by molar-refractivity contribution is 6.31. The van der Waals surface area contributed by atoms with Gasteiger partial charge in [0.25, 0.3) is 0 Å². The average Bonchev–Trinajstić information content (AvgIpc) is 3.21. The lowest BCUT2D eigenvalue weighted by Crippen LogP contribution is -2.30. The van der Waals surface area contributed by atoms with Gasteiger partial charge >= 0.3 is 0 Å². The fourth-order valence-corrected chi connectivity index (χ4v) is 3.63. The van der Waals surface area contributed by atoms with E-state index in [2.05, 4.69) is 10.5 Å². The minimum absolute atomic E-state index is 0.0796. The number of ether oxygens (including phenoxy) is 1. The summed E-state index contributed by atoms with van der Waals surface area (Å²) < 4.78 is 18.9. The summed E-state index contributed by atoms with van der Waals surface area (Å²) >= 11 is 6.13. The molecular formula is C25H21ClFN3O3. The van der Waals surface area contributed by atoms with Gasteiger partial charge in [0, 0.05) is 29.2 Å². The fourth-order valence-electron chi connectivity index (χ4n) is 3.44. The molecular weight excluding hydrogens is 445 g/mol. The van der Waals surface area contributed by atoms with Gasteiger partial charge < -0.3 is 9.64 Å². The van der Waals surface area contributed by atoms with Crippen LogP contribution in [0.1, 0.15) is 17.5 Å². The van der Waals surface area contributed by atoms with Crippen LogP contribution in [0.4, 0.5) is 10.1 Å². The molecule has 0 spiro atoms. The van der Waals surface area contributed by atoms with Crippen LogP contribution in [0.5, 0.6) is 5.75 Å². The van der Waals surface area contributed by atoms with Gasteiger partial charge in [-0.1, -0.05) is 29.8 Å². The van der Waals surface area contributed by atoms with Gasteiger partial charge in [-0.15, -0.1) is 0 Å². The number of nitrogens with zero attached hydrogens (tertiary/aromatic N) is 2. The van der Waals surface area contributed by atoms with Gasteiger partial charge in [0.2, 0.25) is 11.8 Å². The van der Waals surface area contributed by atoms with Crippen LogP contribution < -0.4 is 15.1 Å². The van der Waals surface area contributed by atoms with Gasteiger partial charge in [0.1, 0.15) is 18.2 Å². The van der Waals surface area contributed by atoms with Crippen molar-refractivity contribution in [3.63, 3.8) is 0 Å². The van der Waals surface area contributed by atoms with Crippen LogP contribution in [-0.2, 0) is 16.2 Å². The zero-order valence-corrected chi connectivity index (χ0v) is 18.3. The van der Waals surface area contributed by atoms with E-state index in [-0.39, 0.29) is 30.6 Å². The molecule has 1 saturated heterocycles. The molecule has 1 aliphatic heterocycles. The summed E-state index contributed by atoms with van der Waals surface area (Å²) in [6.07, 6.45) is 1.60. The molecule has 1 atom stereocenters. The molecule has 1 fully saturated rings. The number of halogens is 2. The molecule has 33 heavy (non-hydrogen) atoms. The Balaban J connectivity index is 1.27. The lowest BCUT2D eigenvalue weighted by Gasteiger charge is -2.16. The van der Waals surface area contributed by atoms with E-state index < -0.39 is 5.92 Å². The van der Waals surface area contributed by atoms with E-state index in [0.29, 0.717) is 23.1 Å². The molecule has 8 heteroatoms. The zero-order valence-electron chi connectivity index (χ0n) is 17.6. The number of amides is 2. The smallest absolute Gasteiger partial charge is 0.245 e. The van der Waals surface area contributed by atoms with Crippen molar-refractivity contribution < 1.29 is 18.7 Å². The first-order valence-corrected chi connectivity index (χ1v) is 10.7. The summed E-state index contributed by atoms with van der Waals surface area (Å²) in [5.74, 6) is -0.752. The Hall–Kier alpha value is -3.71. The van der Waals surface area contributed by atoms with Crippen molar-refractivity contribution in [2.45, 2.75) is 13.0 Å². The van der Waals surface area contributed by atoms with E-state index in [1.165, 1.54) is 35.4 Å². The molecule has 0 bridgehead atoms. The van der Waals surface area contributed by atoms with Crippen LogP contribution in [0.2, 0.25) is 5.02 Å². The fraction of sp³-hybridized carbons (Fsp3) is 0.160. The van der Waals surface area contributed by atoms with Gasteiger partial charge in [-0.05, 0) is 60.2 Å². The van der Waals surface area contributed by atoms with Crippen LogP contribution in [0.25, 0.3) is 0 Å². The average molecular weight is 466 g/mol. The zero-order chi connectivity index (χ0) is 23.2. The van der Waals surface area contributed by atoms with Crippen molar-refractivity contribution in [3.05, 3.63) is 94.8 Å². The van der Waals surface area contributed by atoms with Gasteiger partial charge in [-0.3, -0.25) is 9.59 Å². The molecule has 0 aromatic heterocycles. The molecule has 168 valence electrons. The van der Waals surface area contributed by atoms with Crippen molar-refractivity contribution in [1.29, 1.82) is 0 Å². The number of carbonyl (C=O) groups excluding carboxylic acids is 2. The van der Waals surface area contributed by atoms with Crippen molar-refractivity contribution in [3.8, 4) is 5.75 Å². The first-order chi connectivity index (χ1) is 16.0. The maximum atomic E-state index is 13.1. The summed E-state index contributed by atoms with van der Waals surface area (Å²) in [6.45, 7) is 0.585. The van der Waals surface area contributed by atoms with Crippen molar-refractivity contribution >= 4 is 35.3 Å². The number of rotatable bonds is 7. The van der Waals surface area contributed by atoms with Crippen LogP contribution >= 0.6 is 11.6 Å². The molecule has 3 aromatic carbocycles. The highest BCUT2D eigenvalue weighted by Gasteiger charge is 2.35.